The van der Waals surface area contributed by atoms with Crippen LogP contribution in [-0.4, -0.2) is 190 Å². The Balaban J connectivity index is 0.852. The molecule has 0 unspecified atom stereocenters. The van der Waals surface area contributed by atoms with Crippen LogP contribution in [-0.2, 0) is 17.4 Å². The number of nitrogens with zero attached hydrogens (tertiary/aromatic N) is 21. The van der Waals surface area contributed by atoms with Gasteiger partial charge in [0.15, 0.2) is 31.7 Å². The Morgan fingerprint density at radius 3 is 0.890 bits per heavy atom. The van der Waals surface area contributed by atoms with E-state index in [4.69, 9.17) is 21.7 Å². The molecule has 7 heterocycles. The predicted molar refractivity (Wildman–Crippen MR) is 414 cm³/mol. The first-order valence-corrected chi connectivity index (χ1v) is 36.3. The number of carboxylic acids is 9. The molecule has 5 aromatic carbocycles. The molecule has 600 valence electrons. The summed E-state index contributed by atoms with van der Waals surface area (Å²) in [7, 11) is 0. The Morgan fingerprint density at radius 2 is 0.627 bits per heavy atom. The smallest absolute Gasteiger partial charge is 0.335 e. The van der Waals surface area contributed by atoms with Crippen LogP contribution in [0.1, 0.15) is 152 Å². The van der Waals surface area contributed by atoms with Crippen molar-refractivity contribution in [2.45, 2.75) is 78.0 Å². The van der Waals surface area contributed by atoms with Gasteiger partial charge >= 0.3 is 53.7 Å². The van der Waals surface area contributed by atoms with Gasteiger partial charge in [0.1, 0.15) is 0 Å². The maximum atomic E-state index is 12.2. The van der Waals surface area contributed by atoms with E-state index in [9.17, 15) is 94.2 Å². The first-order chi connectivity index (χ1) is 55.7. The van der Waals surface area contributed by atoms with Gasteiger partial charge in [0.25, 0.3) is 22.2 Å². The average molecular weight is 1680 g/mol. The summed E-state index contributed by atoms with van der Waals surface area (Å²) in [6, 6.07) is 16.3. The number of aromatic nitrogens is 17. The van der Waals surface area contributed by atoms with Gasteiger partial charge in [0.05, 0.1) is 68.1 Å². The lowest BCUT2D eigenvalue weighted by molar-refractivity contribution is 0.0676. The second-order valence-corrected chi connectivity index (χ2v) is 30.6. The molecular weight excluding hydrogens is 1630 g/mol. The minimum atomic E-state index is -1.48. The Morgan fingerprint density at radius 1 is 0.364 bits per heavy atom. The number of nitrogens with two attached hydrogens (primary N) is 2. The van der Waals surface area contributed by atoms with Gasteiger partial charge < -0.3 is 89.1 Å². The van der Waals surface area contributed by atoms with Gasteiger partial charge in [-0.15, -0.1) is 40.9 Å². The molecule has 0 aliphatic heterocycles. The zero-order valence-corrected chi connectivity index (χ0v) is 64.0. The van der Waals surface area contributed by atoms with Crippen molar-refractivity contribution < 1.29 is 94.2 Å². The van der Waals surface area contributed by atoms with E-state index in [2.05, 4.69) is 112 Å². The van der Waals surface area contributed by atoms with Crippen LogP contribution >= 0.6 is 46.2 Å². The van der Waals surface area contributed by atoms with Crippen LogP contribution in [0.25, 0.3) is 11.9 Å². The molecule has 0 saturated heterocycles. The molecule has 12 rings (SSSR count). The third-order valence-corrected chi connectivity index (χ3v) is 18.9. The highest BCUT2D eigenvalue weighted by atomic mass is 32.2. The molecule has 0 saturated carbocycles. The first kappa shape index (κ1) is 81.8. The molecule has 12 aromatic rings. The molecule has 0 aliphatic carbocycles. The fourth-order valence-electron chi connectivity index (χ4n) is 10.3. The van der Waals surface area contributed by atoms with E-state index in [1.54, 1.807) is 41.5 Å². The minimum absolute atomic E-state index is 0.0409. The summed E-state index contributed by atoms with van der Waals surface area (Å²) in [6.45, 7) is 10.0. The van der Waals surface area contributed by atoms with E-state index in [-0.39, 0.29) is 121 Å². The molecule has 19 N–H and O–H groups in total. The van der Waals surface area contributed by atoms with Crippen LogP contribution in [0.4, 0.5) is 91.5 Å². The standard InChI is InChI=1S/C67H54N28O19S4/c1-66(2,3)40-38(42(68)94(92-40)58-77-53(71-34-14-25(45(99)100)9-26(15-34)46(101)102)75-54(78-58)72-35-16-27(47(103)104)10-28(17-35)48(105)106)84-86-62-88-90-64(117-62)115-60-81-57(70-33-8-23(22-96)7-24(13-33)44(97)98)82-61(83-60)116-65-91-89-63(118-65)87-85-39-41(67(4,5)6)93-95(43(39)69)59-79-55(73-36-18-29(49(107)108)11-30(19-36)50(109)110)76-56(80-59)74-37-20-31(51(111)112)12-32(21-37)52(113)114/h7-21,96H,22,68-69H2,1-6H3,(H,97,98)(H,99,100)(H,101,102)(H,103,104)(H,105,106)(H,107,108)(H,109,110)(H,111,112)(H,113,114)(H,70,81,82,83)(H2,71,72,75,77,78)(H2,73,74,76,79,80). The number of rotatable bonds is 30. The molecule has 0 radical (unpaired) electrons. The van der Waals surface area contributed by atoms with Crippen LogP contribution in [0, 0.1) is 0 Å². The Bertz CT molecular complexity index is 5580. The van der Waals surface area contributed by atoms with E-state index >= 15 is 0 Å². The molecule has 0 aliphatic rings. The fourth-order valence-corrected chi connectivity index (χ4v) is 13.4. The van der Waals surface area contributed by atoms with Gasteiger partial charge in [0.2, 0.25) is 40.1 Å². The molecule has 0 fully saturated rings. The van der Waals surface area contributed by atoms with Crippen molar-refractivity contribution in [1.29, 1.82) is 0 Å². The van der Waals surface area contributed by atoms with Crippen molar-refractivity contribution >= 4 is 191 Å². The van der Waals surface area contributed by atoms with E-state index in [0.717, 1.165) is 128 Å². The number of hydrogen-bond acceptors (Lipinski definition) is 40. The lowest BCUT2D eigenvalue weighted by atomic mass is 9.91. The van der Waals surface area contributed by atoms with Gasteiger partial charge in [-0.3, -0.25) is 0 Å². The van der Waals surface area contributed by atoms with Gasteiger partial charge in [-0.2, -0.15) is 64.4 Å². The van der Waals surface area contributed by atoms with Crippen molar-refractivity contribution in [2.75, 3.05) is 38.1 Å². The summed E-state index contributed by atoms with van der Waals surface area (Å²) in [6.07, 6.45) is 0. The zero-order chi connectivity index (χ0) is 85.1. The summed E-state index contributed by atoms with van der Waals surface area (Å²) >= 11 is 3.50. The highest BCUT2D eigenvalue weighted by Crippen LogP contribution is 2.43. The van der Waals surface area contributed by atoms with E-state index in [1.807, 2.05) is 0 Å². The number of carboxylic acid groups (broad SMARTS) is 9. The Kier molecular flexibility index (Phi) is 23.0. The lowest BCUT2D eigenvalue weighted by Crippen LogP contribution is -2.15. The summed E-state index contributed by atoms with van der Waals surface area (Å²) < 4.78 is 2.38. The first-order valence-electron chi connectivity index (χ1n) is 33.0. The van der Waals surface area contributed by atoms with Gasteiger partial charge in [-0.05, 0) is 120 Å². The van der Waals surface area contributed by atoms with Crippen molar-refractivity contribution in [1.82, 2.24) is 84.8 Å². The monoisotopic (exact) mass is 1680 g/mol. The van der Waals surface area contributed by atoms with Crippen LogP contribution < -0.4 is 38.1 Å². The Hall–Kier alpha value is -15.6. The molecule has 0 bridgehead atoms. The second kappa shape index (κ2) is 33.2. The number of aliphatic hydroxyl groups excluding tert-OH is 1. The summed E-state index contributed by atoms with van der Waals surface area (Å²) in [5.74, 6) is -16.2. The molecule has 118 heavy (non-hydrogen) atoms. The molecule has 0 atom stereocenters. The van der Waals surface area contributed by atoms with Crippen molar-refractivity contribution in [3.63, 3.8) is 0 Å². The maximum absolute atomic E-state index is 12.2. The van der Waals surface area contributed by atoms with E-state index in [0.29, 0.717) is 0 Å². The highest BCUT2D eigenvalue weighted by Gasteiger charge is 2.32. The number of carbonyl (C=O) groups is 9. The molecule has 7 aromatic heterocycles. The van der Waals surface area contributed by atoms with Crippen LogP contribution in [0.15, 0.2) is 130 Å². The van der Waals surface area contributed by atoms with Crippen molar-refractivity contribution in [2.24, 2.45) is 20.5 Å². The second-order valence-electron chi connectivity index (χ2n) is 26.2. The summed E-state index contributed by atoms with van der Waals surface area (Å²) in [5, 5.41) is 156. The molecule has 51 heteroatoms. The molecule has 0 spiro atoms. The van der Waals surface area contributed by atoms with Gasteiger partial charge in [-0.1, -0.05) is 64.2 Å². The fraction of sp³-hybridized carbons (Fsp3) is 0.134. The van der Waals surface area contributed by atoms with E-state index < -0.39 is 139 Å². The number of benzene rings is 5. The van der Waals surface area contributed by atoms with Gasteiger partial charge in [-0.25, -0.2) is 43.2 Å². The molecule has 0 amide bonds. The number of anilines is 12. The van der Waals surface area contributed by atoms with E-state index in [1.165, 1.54) is 18.2 Å². The number of nitrogen functional groups attached to an aromatic ring is 2. The van der Waals surface area contributed by atoms with Crippen molar-refractivity contribution in [3.05, 3.63) is 158 Å². The number of aliphatic hydroxyl groups is 1. The molecule has 47 nitrogen and oxygen atoms in total. The van der Waals surface area contributed by atoms with Crippen LogP contribution in [0.3, 0.4) is 0 Å². The topological polar surface area (TPSA) is 721 Å². The highest BCUT2D eigenvalue weighted by molar-refractivity contribution is 8.01. The largest absolute Gasteiger partial charge is 0.478 e. The third-order valence-electron chi connectivity index (χ3n) is 15.5. The number of aromatic carboxylic acids is 9. The predicted octanol–water partition coefficient (Wildman–Crippen LogP) is 10.7. The lowest BCUT2D eigenvalue weighted by Gasteiger charge is -2.15. The third kappa shape index (κ3) is 19.3. The number of azo groups is 2. The van der Waals surface area contributed by atoms with Crippen LogP contribution in [0.2, 0.25) is 0 Å². The maximum Gasteiger partial charge on any atom is 0.335 e. The zero-order valence-electron chi connectivity index (χ0n) is 60.7. The normalized spacial score (nSPS) is 11.6. The number of nitrogens with one attached hydrogen (secondary N) is 5. The summed E-state index contributed by atoms with van der Waals surface area (Å²) in [5.41, 5.74) is 8.26. The minimum Gasteiger partial charge on any atom is -0.478 e. The molecular formula is C67H54N28O19S4. The summed E-state index contributed by atoms with van der Waals surface area (Å²) in [4.78, 5) is 149. The van der Waals surface area contributed by atoms with Gasteiger partial charge in [0, 0.05) is 39.3 Å². The average Bonchev–Trinajstić information content (AvgIpc) is 1.62. The number of hydrogen-bond donors (Lipinski definition) is 17. The SMILES string of the molecule is CC(C)(C)c1nn(-c2nc(Nc3cc(C(=O)O)cc(C(=O)O)c3)nc(Nc3cc(C(=O)O)cc(C(=O)O)c3)n2)c(N)c1N=Nc1nnc(Sc2nc(Nc3cc(CO)cc(C(=O)O)c3)nc(Sc3nnc(N=Nc4c(C(C)(C)C)nn(-c5nc(Nc6cc(C(=O)O)cc(C(=O)O)c6)nc(Nc6cc(C(=O)O)cc(C(=O)O)c6)n5)c4N)s3)n2)s1. The Labute approximate surface area is 673 Å². The van der Waals surface area contributed by atoms with Crippen molar-refractivity contribution in [3.8, 4) is 11.9 Å². The quantitative estimate of drug-likeness (QED) is 0.0186. The van der Waals surface area contributed by atoms with Crippen LogP contribution in [0.5, 0.6) is 0 Å².